The molecule has 0 unspecified atom stereocenters. The molecule has 2 atom stereocenters. The van der Waals surface area contributed by atoms with Crippen molar-refractivity contribution in [1.82, 2.24) is 4.90 Å². The third kappa shape index (κ3) is 4.78. The highest BCUT2D eigenvalue weighted by molar-refractivity contribution is 7.98. The summed E-state index contributed by atoms with van der Waals surface area (Å²) in [6.07, 6.45) is 5.06. The second-order valence-electron chi connectivity index (χ2n) is 5.14. The molecule has 0 aromatic rings. The predicted octanol–water partition coefficient (Wildman–Crippen LogP) is 1.85. The van der Waals surface area contributed by atoms with Gasteiger partial charge in [0.2, 0.25) is 0 Å². The van der Waals surface area contributed by atoms with Gasteiger partial charge >= 0.3 is 0 Å². The van der Waals surface area contributed by atoms with Crippen LogP contribution in [0.25, 0.3) is 0 Å². The minimum Gasteiger partial charge on any atom is -0.389 e. The van der Waals surface area contributed by atoms with Gasteiger partial charge in [-0.15, -0.1) is 0 Å². The van der Waals surface area contributed by atoms with Gasteiger partial charge in [-0.3, -0.25) is 0 Å². The van der Waals surface area contributed by atoms with Crippen LogP contribution in [0, 0.1) is 5.92 Å². The van der Waals surface area contributed by atoms with Gasteiger partial charge in [0.1, 0.15) is 0 Å². The van der Waals surface area contributed by atoms with Crippen molar-refractivity contribution in [3.8, 4) is 0 Å². The normalized spacial score (nSPS) is 30.7. The van der Waals surface area contributed by atoms with Crippen LogP contribution in [-0.4, -0.2) is 61.0 Å². The van der Waals surface area contributed by atoms with Gasteiger partial charge in [0.15, 0.2) is 0 Å². The number of ether oxygens (including phenoxy) is 1. The summed E-state index contributed by atoms with van der Waals surface area (Å²) in [4.78, 5) is 2.49. The molecule has 1 fully saturated rings. The number of methoxy groups -OCH3 is 1. The van der Waals surface area contributed by atoms with Crippen molar-refractivity contribution in [1.29, 1.82) is 0 Å². The highest BCUT2D eigenvalue weighted by atomic mass is 32.2. The quantitative estimate of drug-likeness (QED) is 0.709. The Morgan fingerprint density at radius 2 is 2.29 bits per heavy atom. The van der Waals surface area contributed by atoms with Crippen LogP contribution < -0.4 is 0 Å². The van der Waals surface area contributed by atoms with Crippen molar-refractivity contribution >= 4 is 11.8 Å². The van der Waals surface area contributed by atoms with E-state index < -0.39 is 5.60 Å². The number of aliphatic hydroxyl groups is 1. The Kier molecular flexibility index (Phi) is 6.85. The number of hydrogen-bond acceptors (Lipinski definition) is 4. The van der Waals surface area contributed by atoms with Crippen molar-refractivity contribution < 1.29 is 9.84 Å². The number of nitrogens with zero attached hydrogens (tertiary/aromatic N) is 1. The zero-order valence-electron chi connectivity index (χ0n) is 11.4. The highest BCUT2D eigenvalue weighted by Gasteiger charge is 2.37. The van der Waals surface area contributed by atoms with Crippen LogP contribution in [0.2, 0.25) is 0 Å². The summed E-state index contributed by atoms with van der Waals surface area (Å²) in [5.41, 5.74) is -0.508. The van der Waals surface area contributed by atoms with E-state index in [9.17, 15) is 5.11 Å². The maximum absolute atomic E-state index is 10.5. The molecule has 3 nitrogen and oxygen atoms in total. The van der Waals surface area contributed by atoms with E-state index in [0.29, 0.717) is 12.5 Å². The fourth-order valence-corrected chi connectivity index (χ4v) is 2.95. The number of hydrogen-bond donors (Lipinski definition) is 1. The molecular weight excluding hydrogens is 234 g/mol. The number of rotatable bonds is 7. The average Bonchev–Trinajstić information content (AvgIpc) is 2.32. The van der Waals surface area contributed by atoms with Gasteiger partial charge in [-0.05, 0) is 43.7 Å². The Bertz CT molecular complexity index is 216. The molecule has 102 valence electrons. The SMILES string of the molecule is COCC[C@@]1(O)CCN(CCCSC)C[C@@H]1C. The molecule has 0 aliphatic carbocycles. The van der Waals surface area contributed by atoms with E-state index in [1.54, 1.807) is 7.11 Å². The Morgan fingerprint density at radius 1 is 1.53 bits per heavy atom. The van der Waals surface area contributed by atoms with Crippen molar-refractivity contribution in [3.63, 3.8) is 0 Å². The van der Waals surface area contributed by atoms with Crippen LogP contribution in [0.4, 0.5) is 0 Å². The fraction of sp³-hybridized carbons (Fsp3) is 1.00. The molecule has 0 aromatic heterocycles. The van der Waals surface area contributed by atoms with E-state index in [-0.39, 0.29) is 0 Å². The second kappa shape index (κ2) is 7.62. The Morgan fingerprint density at radius 3 is 2.88 bits per heavy atom. The highest BCUT2D eigenvalue weighted by Crippen LogP contribution is 2.30. The lowest BCUT2D eigenvalue weighted by Gasteiger charge is -2.43. The second-order valence-corrected chi connectivity index (χ2v) is 6.13. The summed E-state index contributed by atoms with van der Waals surface area (Å²) >= 11 is 1.91. The van der Waals surface area contributed by atoms with Gasteiger partial charge in [0.05, 0.1) is 5.60 Å². The van der Waals surface area contributed by atoms with E-state index in [2.05, 4.69) is 18.1 Å². The van der Waals surface area contributed by atoms with E-state index in [1.165, 1.54) is 18.7 Å². The summed E-state index contributed by atoms with van der Waals surface area (Å²) in [6.45, 7) is 6.04. The standard InChI is InChI=1S/C13H27NO2S/c1-12-11-14(7-4-10-17-3)8-5-13(12,15)6-9-16-2/h12,15H,4-11H2,1-3H3/t12-,13-/m0/s1. The Hall–Kier alpha value is 0.230. The van der Waals surface area contributed by atoms with E-state index >= 15 is 0 Å². The summed E-state index contributed by atoms with van der Waals surface area (Å²) in [5.74, 6) is 1.58. The molecule has 4 heteroatoms. The van der Waals surface area contributed by atoms with E-state index in [4.69, 9.17) is 4.74 Å². The van der Waals surface area contributed by atoms with Gasteiger partial charge in [0.25, 0.3) is 0 Å². The topological polar surface area (TPSA) is 32.7 Å². The zero-order chi connectivity index (χ0) is 12.7. The Balaban J connectivity index is 2.32. The van der Waals surface area contributed by atoms with Crippen molar-refractivity contribution in [2.24, 2.45) is 5.92 Å². The molecule has 0 amide bonds. The summed E-state index contributed by atoms with van der Waals surface area (Å²) in [6, 6.07) is 0. The minimum absolute atomic E-state index is 0.348. The molecule has 1 saturated heterocycles. The van der Waals surface area contributed by atoms with Crippen molar-refractivity contribution in [2.45, 2.75) is 31.8 Å². The van der Waals surface area contributed by atoms with Crippen LogP contribution >= 0.6 is 11.8 Å². The van der Waals surface area contributed by atoms with Crippen LogP contribution in [0.1, 0.15) is 26.2 Å². The first-order valence-electron chi connectivity index (χ1n) is 6.55. The van der Waals surface area contributed by atoms with E-state index in [1.807, 2.05) is 11.8 Å². The number of thioether (sulfide) groups is 1. The number of piperidine rings is 1. The van der Waals surface area contributed by atoms with E-state index in [0.717, 1.165) is 25.9 Å². The van der Waals surface area contributed by atoms with Gasteiger partial charge in [-0.1, -0.05) is 6.92 Å². The third-order valence-electron chi connectivity index (χ3n) is 3.87. The third-order valence-corrected chi connectivity index (χ3v) is 4.57. The minimum atomic E-state index is -0.508. The van der Waals surface area contributed by atoms with Gasteiger partial charge in [0, 0.05) is 26.8 Å². The molecular formula is C13H27NO2S. The van der Waals surface area contributed by atoms with Gasteiger partial charge in [-0.2, -0.15) is 11.8 Å². The molecule has 1 heterocycles. The van der Waals surface area contributed by atoms with Crippen LogP contribution in [0.5, 0.6) is 0 Å². The van der Waals surface area contributed by atoms with Crippen LogP contribution in [0.15, 0.2) is 0 Å². The average molecular weight is 261 g/mol. The largest absolute Gasteiger partial charge is 0.389 e. The molecule has 0 bridgehead atoms. The van der Waals surface area contributed by atoms with Crippen molar-refractivity contribution in [2.75, 3.05) is 45.4 Å². The van der Waals surface area contributed by atoms with Crippen LogP contribution in [-0.2, 0) is 4.74 Å². The van der Waals surface area contributed by atoms with Gasteiger partial charge in [-0.25, -0.2) is 0 Å². The first-order valence-corrected chi connectivity index (χ1v) is 7.94. The summed E-state index contributed by atoms with van der Waals surface area (Å²) in [5, 5.41) is 10.5. The maximum Gasteiger partial charge on any atom is 0.0719 e. The summed E-state index contributed by atoms with van der Waals surface area (Å²) in [7, 11) is 1.70. The van der Waals surface area contributed by atoms with Crippen molar-refractivity contribution in [3.05, 3.63) is 0 Å². The monoisotopic (exact) mass is 261 g/mol. The lowest BCUT2D eigenvalue weighted by Crippen LogP contribution is -2.51. The van der Waals surface area contributed by atoms with Crippen LogP contribution in [0.3, 0.4) is 0 Å². The molecule has 1 N–H and O–H groups in total. The number of likely N-dealkylation sites (tertiary alicyclic amines) is 1. The molecule has 1 rings (SSSR count). The molecule has 0 aromatic carbocycles. The first kappa shape index (κ1) is 15.3. The zero-order valence-corrected chi connectivity index (χ0v) is 12.3. The molecule has 1 aliphatic rings. The molecule has 0 saturated carbocycles. The molecule has 0 spiro atoms. The fourth-order valence-electron chi connectivity index (χ4n) is 2.53. The molecule has 1 aliphatic heterocycles. The molecule has 17 heavy (non-hydrogen) atoms. The lowest BCUT2D eigenvalue weighted by molar-refractivity contribution is -0.0810. The Labute approximate surface area is 110 Å². The summed E-state index contributed by atoms with van der Waals surface area (Å²) < 4.78 is 5.09. The maximum atomic E-state index is 10.5. The lowest BCUT2D eigenvalue weighted by atomic mass is 9.80. The first-order chi connectivity index (χ1) is 8.12. The predicted molar refractivity (Wildman–Crippen MR) is 74.7 cm³/mol. The molecule has 0 radical (unpaired) electrons. The van der Waals surface area contributed by atoms with Gasteiger partial charge < -0.3 is 14.7 Å². The smallest absolute Gasteiger partial charge is 0.0719 e.